The van der Waals surface area contributed by atoms with E-state index in [1.54, 1.807) is 16.2 Å². The van der Waals surface area contributed by atoms with E-state index in [9.17, 15) is 9.59 Å². The largest absolute Gasteiger partial charge is 0.481 e. The highest BCUT2D eigenvalue weighted by Gasteiger charge is 2.17. The molecule has 0 aliphatic heterocycles. The van der Waals surface area contributed by atoms with Crippen LogP contribution in [0.5, 0.6) is 0 Å². The summed E-state index contributed by atoms with van der Waals surface area (Å²) in [7, 11) is 0. The molecule has 1 heterocycles. The second kappa shape index (κ2) is 7.16. The molecule has 5 heteroatoms. The van der Waals surface area contributed by atoms with Gasteiger partial charge in [-0.25, -0.2) is 0 Å². The summed E-state index contributed by atoms with van der Waals surface area (Å²) in [6.45, 7) is 4.41. The van der Waals surface area contributed by atoms with Crippen LogP contribution in [0.3, 0.4) is 0 Å². The normalized spacial score (nSPS) is 10.6. The van der Waals surface area contributed by atoms with Gasteiger partial charge in [-0.2, -0.15) is 0 Å². The maximum absolute atomic E-state index is 12.1. The first kappa shape index (κ1) is 14.7. The number of carboxylic acid groups (broad SMARTS) is 1. The molecule has 0 aliphatic rings. The van der Waals surface area contributed by atoms with Crippen molar-refractivity contribution in [1.29, 1.82) is 0 Å². The molecule has 0 aliphatic carbocycles. The fourth-order valence-corrected chi connectivity index (χ4v) is 2.43. The fraction of sp³-hybridized carbons (Fsp3) is 0.538. The fourth-order valence-electron chi connectivity index (χ4n) is 1.74. The maximum Gasteiger partial charge on any atom is 0.303 e. The number of carboxylic acids is 1. The monoisotopic (exact) mass is 269 g/mol. The van der Waals surface area contributed by atoms with E-state index in [2.05, 4.69) is 0 Å². The van der Waals surface area contributed by atoms with Crippen molar-refractivity contribution in [2.75, 3.05) is 6.54 Å². The van der Waals surface area contributed by atoms with Gasteiger partial charge >= 0.3 is 5.97 Å². The average Bonchev–Trinajstić information content (AvgIpc) is 2.75. The summed E-state index contributed by atoms with van der Waals surface area (Å²) in [5.74, 6) is -0.748. The van der Waals surface area contributed by atoms with Crippen LogP contribution in [0.4, 0.5) is 0 Å². The predicted octanol–water partition coefficient (Wildman–Crippen LogP) is 2.39. The first-order chi connectivity index (χ1) is 8.50. The number of hydrogen-bond donors (Lipinski definition) is 1. The Kier molecular flexibility index (Phi) is 5.85. The van der Waals surface area contributed by atoms with Gasteiger partial charge in [0.05, 0.1) is 6.42 Å². The molecule has 0 atom stereocenters. The standard InChI is InChI=1S/C13H19NO3S/c1-10(2)14(7-3-6-13(16)17)12(15)9-11-5-4-8-18-11/h4-5,8,10H,3,6-7,9H2,1-2H3,(H,16,17). The molecular weight excluding hydrogens is 250 g/mol. The van der Waals surface area contributed by atoms with Crippen molar-refractivity contribution >= 4 is 23.2 Å². The third kappa shape index (κ3) is 4.87. The molecule has 0 spiro atoms. The van der Waals surface area contributed by atoms with Crippen LogP contribution in [0.2, 0.25) is 0 Å². The van der Waals surface area contributed by atoms with Gasteiger partial charge in [-0.05, 0) is 31.7 Å². The predicted molar refractivity (Wildman–Crippen MR) is 71.7 cm³/mol. The number of carbonyl (C=O) groups excluding carboxylic acids is 1. The van der Waals surface area contributed by atoms with Crippen LogP contribution in [-0.2, 0) is 16.0 Å². The summed E-state index contributed by atoms with van der Waals surface area (Å²) in [5.41, 5.74) is 0. The van der Waals surface area contributed by atoms with Gasteiger partial charge in [0.15, 0.2) is 0 Å². The highest BCUT2D eigenvalue weighted by molar-refractivity contribution is 7.10. The van der Waals surface area contributed by atoms with E-state index in [1.165, 1.54) is 0 Å². The Morgan fingerprint density at radius 2 is 2.17 bits per heavy atom. The molecule has 0 aromatic carbocycles. The van der Waals surface area contributed by atoms with Crippen molar-refractivity contribution in [3.05, 3.63) is 22.4 Å². The molecule has 0 bridgehead atoms. The van der Waals surface area contributed by atoms with Gasteiger partial charge in [0.25, 0.3) is 0 Å². The minimum Gasteiger partial charge on any atom is -0.481 e. The van der Waals surface area contributed by atoms with Gasteiger partial charge < -0.3 is 10.0 Å². The van der Waals surface area contributed by atoms with E-state index in [1.807, 2.05) is 31.4 Å². The summed E-state index contributed by atoms with van der Waals surface area (Å²) >= 11 is 1.57. The molecular formula is C13H19NO3S. The number of thiophene rings is 1. The number of nitrogens with zero attached hydrogens (tertiary/aromatic N) is 1. The second-order valence-electron chi connectivity index (χ2n) is 4.43. The number of rotatable bonds is 7. The molecule has 1 amide bonds. The smallest absolute Gasteiger partial charge is 0.303 e. The summed E-state index contributed by atoms with van der Waals surface area (Å²) < 4.78 is 0. The molecule has 100 valence electrons. The zero-order valence-corrected chi connectivity index (χ0v) is 11.6. The summed E-state index contributed by atoms with van der Waals surface area (Å²) in [6, 6.07) is 3.97. The van der Waals surface area contributed by atoms with Crippen LogP contribution in [0, 0.1) is 0 Å². The Morgan fingerprint density at radius 1 is 1.44 bits per heavy atom. The van der Waals surface area contributed by atoms with E-state index in [4.69, 9.17) is 5.11 Å². The van der Waals surface area contributed by atoms with Crippen LogP contribution in [-0.4, -0.2) is 34.5 Å². The molecule has 1 aromatic heterocycles. The SMILES string of the molecule is CC(C)N(CCCC(=O)O)C(=O)Cc1cccs1. The van der Waals surface area contributed by atoms with Gasteiger partial charge in [-0.3, -0.25) is 9.59 Å². The lowest BCUT2D eigenvalue weighted by Gasteiger charge is -2.26. The topological polar surface area (TPSA) is 57.6 Å². The molecule has 0 saturated carbocycles. The minimum absolute atomic E-state index is 0.0674. The second-order valence-corrected chi connectivity index (χ2v) is 5.47. The van der Waals surface area contributed by atoms with E-state index < -0.39 is 5.97 Å². The summed E-state index contributed by atoms with van der Waals surface area (Å²) in [4.78, 5) is 25.4. The van der Waals surface area contributed by atoms with Crippen molar-refractivity contribution in [1.82, 2.24) is 4.90 Å². The average molecular weight is 269 g/mol. The minimum atomic E-state index is -0.815. The quantitative estimate of drug-likeness (QED) is 0.827. The number of hydrogen-bond acceptors (Lipinski definition) is 3. The first-order valence-corrected chi connectivity index (χ1v) is 6.92. The molecule has 0 radical (unpaired) electrons. The molecule has 1 aromatic rings. The van der Waals surface area contributed by atoms with Crippen LogP contribution in [0.1, 0.15) is 31.6 Å². The van der Waals surface area contributed by atoms with Crippen molar-refractivity contribution in [3.8, 4) is 0 Å². The molecule has 1 rings (SSSR count). The van der Waals surface area contributed by atoms with Gasteiger partial charge in [0.2, 0.25) is 5.91 Å². The Hall–Kier alpha value is -1.36. The summed E-state index contributed by atoms with van der Waals surface area (Å²) in [5, 5.41) is 10.6. The number of amides is 1. The van der Waals surface area contributed by atoms with E-state index in [-0.39, 0.29) is 18.4 Å². The Bertz CT molecular complexity index is 387. The van der Waals surface area contributed by atoms with Crippen molar-refractivity contribution in [2.45, 2.75) is 39.2 Å². The highest BCUT2D eigenvalue weighted by atomic mass is 32.1. The Morgan fingerprint density at radius 3 is 2.67 bits per heavy atom. The molecule has 4 nitrogen and oxygen atoms in total. The summed E-state index contributed by atoms with van der Waals surface area (Å²) in [6.07, 6.45) is 1.02. The Labute approximate surface area is 111 Å². The van der Waals surface area contributed by atoms with Crippen LogP contribution < -0.4 is 0 Å². The third-order valence-corrected chi connectivity index (χ3v) is 3.52. The lowest BCUT2D eigenvalue weighted by Crippen LogP contribution is -2.38. The van der Waals surface area contributed by atoms with E-state index >= 15 is 0 Å². The van der Waals surface area contributed by atoms with E-state index in [0.29, 0.717) is 19.4 Å². The van der Waals surface area contributed by atoms with Crippen LogP contribution in [0.15, 0.2) is 17.5 Å². The van der Waals surface area contributed by atoms with Crippen molar-refractivity contribution in [2.24, 2.45) is 0 Å². The molecule has 0 saturated heterocycles. The number of aliphatic carboxylic acids is 1. The zero-order valence-electron chi connectivity index (χ0n) is 10.8. The number of carbonyl (C=O) groups is 2. The van der Waals surface area contributed by atoms with Crippen LogP contribution >= 0.6 is 11.3 Å². The van der Waals surface area contributed by atoms with Gasteiger partial charge in [0, 0.05) is 23.9 Å². The maximum atomic E-state index is 12.1. The highest BCUT2D eigenvalue weighted by Crippen LogP contribution is 2.12. The van der Waals surface area contributed by atoms with Crippen LogP contribution in [0.25, 0.3) is 0 Å². The van der Waals surface area contributed by atoms with E-state index in [0.717, 1.165) is 4.88 Å². The molecule has 18 heavy (non-hydrogen) atoms. The van der Waals surface area contributed by atoms with Crippen molar-refractivity contribution in [3.63, 3.8) is 0 Å². The zero-order chi connectivity index (χ0) is 13.5. The van der Waals surface area contributed by atoms with Gasteiger partial charge in [-0.1, -0.05) is 6.07 Å². The first-order valence-electron chi connectivity index (χ1n) is 6.04. The van der Waals surface area contributed by atoms with Gasteiger partial charge in [0.1, 0.15) is 0 Å². The molecule has 1 N–H and O–H groups in total. The van der Waals surface area contributed by atoms with Gasteiger partial charge in [-0.15, -0.1) is 11.3 Å². The molecule has 0 fully saturated rings. The molecule has 0 unspecified atom stereocenters. The lowest BCUT2D eigenvalue weighted by atomic mass is 10.2. The van der Waals surface area contributed by atoms with Crippen molar-refractivity contribution < 1.29 is 14.7 Å². The Balaban J connectivity index is 2.50. The lowest BCUT2D eigenvalue weighted by molar-refractivity contribution is -0.138. The third-order valence-electron chi connectivity index (χ3n) is 2.64.